The number of ether oxygens (including phenoxy) is 3. The molecule has 8 nitrogen and oxygen atoms in total. The van der Waals surface area contributed by atoms with Crippen LogP contribution in [-0.2, 0) is 17.9 Å². The predicted molar refractivity (Wildman–Crippen MR) is 125 cm³/mol. The molecule has 2 aromatic carbocycles. The summed E-state index contributed by atoms with van der Waals surface area (Å²) >= 11 is 1.36. The van der Waals surface area contributed by atoms with Crippen LogP contribution in [0.25, 0.3) is 21.5 Å². The second kappa shape index (κ2) is 9.27. The molecule has 0 aliphatic heterocycles. The van der Waals surface area contributed by atoms with E-state index in [2.05, 4.69) is 15.4 Å². The molecule has 9 heteroatoms. The Bertz CT molecular complexity index is 1260. The van der Waals surface area contributed by atoms with Crippen LogP contribution in [0.2, 0.25) is 0 Å². The van der Waals surface area contributed by atoms with Crippen LogP contribution in [-0.4, -0.2) is 35.1 Å². The molecule has 0 saturated heterocycles. The van der Waals surface area contributed by atoms with E-state index in [1.807, 2.05) is 55.1 Å². The molecule has 0 atom stereocenters. The van der Waals surface area contributed by atoms with E-state index in [4.69, 9.17) is 14.2 Å². The summed E-state index contributed by atoms with van der Waals surface area (Å²) in [7, 11) is 3.20. The number of methoxy groups -OCH3 is 2. The second-order valence-electron chi connectivity index (χ2n) is 7.08. The molecule has 0 fully saturated rings. The Balaban J connectivity index is 1.43. The summed E-state index contributed by atoms with van der Waals surface area (Å²) in [4.78, 5) is 17.0. The van der Waals surface area contributed by atoms with E-state index in [0.29, 0.717) is 22.2 Å². The molecule has 32 heavy (non-hydrogen) atoms. The molecule has 0 aliphatic carbocycles. The molecule has 0 bridgehead atoms. The SMILES string of the molecule is CCn1cc2cc(COC(=O)Nc3sc(-c4ccc(OC)cc4OC)nc3C)ccc2n1. The largest absolute Gasteiger partial charge is 0.497 e. The molecule has 1 N–H and O–H groups in total. The Kier molecular flexibility index (Phi) is 6.27. The summed E-state index contributed by atoms with van der Waals surface area (Å²) < 4.78 is 18.0. The van der Waals surface area contributed by atoms with E-state index in [-0.39, 0.29) is 6.61 Å². The lowest BCUT2D eigenvalue weighted by Crippen LogP contribution is -2.13. The van der Waals surface area contributed by atoms with Gasteiger partial charge >= 0.3 is 6.09 Å². The summed E-state index contributed by atoms with van der Waals surface area (Å²) in [5.41, 5.74) is 3.34. The standard InChI is InChI=1S/C23H24N4O4S/c1-5-27-12-16-10-15(6-9-19(16)26-27)13-31-23(28)25-21-14(2)24-22(32-21)18-8-7-17(29-3)11-20(18)30-4/h6-12H,5,13H2,1-4H3,(H,25,28). The first kappa shape index (κ1) is 21.6. The number of aromatic nitrogens is 3. The van der Waals surface area contributed by atoms with Crippen LogP contribution >= 0.6 is 11.3 Å². The number of carbonyl (C=O) groups excluding carboxylic acids is 1. The first-order valence-electron chi connectivity index (χ1n) is 10.1. The smallest absolute Gasteiger partial charge is 0.412 e. The number of carbonyl (C=O) groups is 1. The number of fused-ring (bicyclic) bond motifs is 1. The fourth-order valence-corrected chi connectivity index (χ4v) is 4.24. The Labute approximate surface area is 189 Å². The molecule has 4 rings (SSSR count). The molecule has 4 aromatic rings. The van der Waals surface area contributed by atoms with Crippen molar-refractivity contribution in [2.45, 2.75) is 27.0 Å². The van der Waals surface area contributed by atoms with Gasteiger partial charge in [-0.1, -0.05) is 17.4 Å². The number of rotatable bonds is 7. The third-order valence-electron chi connectivity index (χ3n) is 4.96. The number of anilines is 1. The van der Waals surface area contributed by atoms with Gasteiger partial charge in [-0.05, 0) is 43.7 Å². The van der Waals surface area contributed by atoms with Gasteiger partial charge in [-0.15, -0.1) is 0 Å². The zero-order valence-corrected chi connectivity index (χ0v) is 19.2. The minimum absolute atomic E-state index is 0.163. The highest BCUT2D eigenvalue weighted by atomic mass is 32.1. The summed E-state index contributed by atoms with van der Waals surface area (Å²) in [5, 5.41) is 9.63. The Morgan fingerprint density at radius 2 is 2.00 bits per heavy atom. The number of hydrogen-bond acceptors (Lipinski definition) is 7. The third kappa shape index (κ3) is 4.52. The van der Waals surface area contributed by atoms with Gasteiger partial charge in [-0.25, -0.2) is 9.78 Å². The lowest BCUT2D eigenvalue weighted by Gasteiger charge is -2.08. The number of amides is 1. The predicted octanol–water partition coefficient (Wildman–Crippen LogP) is 5.25. The zero-order chi connectivity index (χ0) is 22.7. The van der Waals surface area contributed by atoms with Gasteiger partial charge in [0.25, 0.3) is 0 Å². The summed E-state index contributed by atoms with van der Waals surface area (Å²) in [5.74, 6) is 1.34. The fraction of sp³-hybridized carbons (Fsp3) is 0.261. The van der Waals surface area contributed by atoms with Crippen LogP contribution in [0.3, 0.4) is 0 Å². The number of nitrogens with zero attached hydrogens (tertiary/aromatic N) is 3. The van der Waals surface area contributed by atoms with Crippen molar-refractivity contribution in [2.24, 2.45) is 0 Å². The molecule has 0 radical (unpaired) electrons. The molecule has 2 aromatic heterocycles. The molecule has 0 aliphatic rings. The van der Waals surface area contributed by atoms with Crippen LogP contribution in [0.1, 0.15) is 18.2 Å². The highest BCUT2D eigenvalue weighted by Crippen LogP contribution is 2.38. The van der Waals surface area contributed by atoms with Crippen LogP contribution in [0.5, 0.6) is 11.5 Å². The number of nitrogens with one attached hydrogen (secondary N) is 1. The maximum atomic E-state index is 12.4. The van der Waals surface area contributed by atoms with E-state index in [1.165, 1.54) is 11.3 Å². The maximum absolute atomic E-state index is 12.4. The summed E-state index contributed by atoms with van der Waals surface area (Å²) in [6.07, 6.45) is 1.45. The van der Waals surface area contributed by atoms with Crippen LogP contribution in [0, 0.1) is 6.92 Å². The van der Waals surface area contributed by atoms with Crippen molar-refractivity contribution in [2.75, 3.05) is 19.5 Å². The van der Waals surface area contributed by atoms with E-state index >= 15 is 0 Å². The molecular weight excluding hydrogens is 428 g/mol. The highest BCUT2D eigenvalue weighted by Gasteiger charge is 2.16. The number of benzene rings is 2. The van der Waals surface area contributed by atoms with Gasteiger partial charge in [-0.2, -0.15) is 5.10 Å². The maximum Gasteiger partial charge on any atom is 0.412 e. The van der Waals surface area contributed by atoms with Gasteiger partial charge in [0.15, 0.2) is 0 Å². The average Bonchev–Trinajstić information content (AvgIpc) is 3.39. The van der Waals surface area contributed by atoms with E-state index in [1.54, 1.807) is 20.3 Å². The molecule has 0 saturated carbocycles. The van der Waals surface area contributed by atoms with Gasteiger partial charge in [0.1, 0.15) is 28.1 Å². The van der Waals surface area contributed by atoms with Crippen LogP contribution in [0.15, 0.2) is 42.6 Å². The van der Waals surface area contributed by atoms with E-state index in [9.17, 15) is 4.79 Å². The van der Waals surface area contributed by atoms with Crippen LogP contribution in [0.4, 0.5) is 9.80 Å². The van der Waals surface area contributed by atoms with Crippen molar-refractivity contribution >= 4 is 33.3 Å². The number of hydrogen-bond donors (Lipinski definition) is 1. The zero-order valence-electron chi connectivity index (χ0n) is 18.3. The van der Waals surface area contributed by atoms with Crippen molar-refractivity contribution in [1.29, 1.82) is 0 Å². The Morgan fingerprint density at radius 3 is 2.75 bits per heavy atom. The van der Waals surface area contributed by atoms with E-state index in [0.717, 1.165) is 33.6 Å². The van der Waals surface area contributed by atoms with Gasteiger partial charge in [0.2, 0.25) is 0 Å². The third-order valence-corrected chi connectivity index (χ3v) is 6.07. The molecule has 0 unspecified atom stereocenters. The minimum atomic E-state index is -0.533. The Hall–Kier alpha value is -3.59. The number of aryl methyl sites for hydroxylation is 2. The summed E-state index contributed by atoms with van der Waals surface area (Å²) in [6, 6.07) is 11.3. The van der Waals surface area contributed by atoms with Gasteiger partial charge in [-0.3, -0.25) is 10.00 Å². The molecule has 2 heterocycles. The molecule has 1 amide bonds. The molecule has 0 spiro atoms. The van der Waals surface area contributed by atoms with Crippen LogP contribution < -0.4 is 14.8 Å². The van der Waals surface area contributed by atoms with Gasteiger partial charge in [0.05, 0.1) is 31.0 Å². The monoisotopic (exact) mass is 452 g/mol. The number of thiazole rings is 1. The Morgan fingerprint density at radius 1 is 1.16 bits per heavy atom. The van der Waals surface area contributed by atoms with Crippen molar-refractivity contribution in [3.8, 4) is 22.1 Å². The fourth-order valence-electron chi connectivity index (χ4n) is 3.26. The first-order chi connectivity index (χ1) is 15.5. The van der Waals surface area contributed by atoms with Gasteiger partial charge < -0.3 is 14.2 Å². The van der Waals surface area contributed by atoms with Crippen molar-refractivity contribution < 1.29 is 19.0 Å². The molecule has 166 valence electrons. The quantitative estimate of drug-likeness (QED) is 0.412. The lowest BCUT2D eigenvalue weighted by atomic mass is 10.2. The highest BCUT2D eigenvalue weighted by molar-refractivity contribution is 7.19. The van der Waals surface area contributed by atoms with Crippen molar-refractivity contribution in [1.82, 2.24) is 14.8 Å². The summed E-state index contributed by atoms with van der Waals surface area (Å²) in [6.45, 7) is 4.85. The molecular formula is C23H24N4O4S. The van der Waals surface area contributed by atoms with Crippen molar-refractivity contribution in [3.05, 3.63) is 53.9 Å². The van der Waals surface area contributed by atoms with Gasteiger partial charge in [0, 0.05) is 24.2 Å². The van der Waals surface area contributed by atoms with Crippen molar-refractivity contribution in [3.63, 3.8) is 0 Å². The lowest BCUT2D eigenvalue weighted by molar-refractivity contribution is 0.155. The van der Waals surface area contributed by atoms with E-state index < -0.39 is 6.09 Å². The topological polar surface area (TPSA) is 87.5 Å². The first-order valence-corrected chi connectivity index (χ1v) is 10.9. The average molecular weight is 453 g/mol. The normalized spacial score (nSPS) is 10.9. The minimum Gasteiger partial charge on any atom is -0.497 e. The second-order valence-corrected chi connectivity index (χ2v) is 8.08.